The van der Waals surface area contributed by atoms with Gasteiger partial charge in [-0.15, -0.1) is 11.8 Å². The molecule has 1 unspecified atom stereocenters. The second-order valence-corrected chi connectivity index (χ2v) is 9.56. The number of phenols is 1. The van der Waals surface area contributed by atoms with Crippen molar-refractivity contribution in [2.45, 2.75) is 52.0 Å². The van der Waals surface area contributed by atoms with Gasteiger partial charge in [-0.2, -0.15) is 0 Å². The van der Waals surface area contributed by atoms with E-state index in [0.29, 0.717) is 56.0 Å². The number of rotatable bonds is 17. The molecule has 1 aliphatic heterocycles. The number of carboxylic acids is 2. The number of carbonyl (C=O) groups is 2. The molecule has 0 spiro atoms. The van der Waals surface area contributed by atoms with Crippen LogP contribution in [0.1, 0.15) is 52.0 Å². The van der Waals surface area contributed by atoms with Crippen molar-refractivity contribution in [2.24, 2.45) is 10.9 Å². The topological polar surface area (TPSA) is 147 Å². The fourth-order valence-corrected chi connectivity index (χ4v) is 4.35. The second kappa shape index (κ2) is 20.5. The summed E-state index contributed by atoms with van der Waals surface area (Å²) in [6.45, 7) is 8.27. The summed E-state index contributed by atoms with van der Waals surface area (Å²) in [5.41, 5.74) is -0.798. The zero-order valence-corrected chi connectivity index (χ0v) is 26.0. The predicted octanol–water partition coefficient (Wildman–Crippen LogP) is -0.256. The zero-order valence-electron chi connectivity index (χ0n) is 23.2. The largest absolute Gasteiger partial charge is 1.00 e. The third-order valence-corrected chi connectivity index (χ3v) is 6.82. The van der Waals surface area contributed by atoms with Crippen LogP contribution in [-0.4, -0.2) is 85.2 Å². The van der Waals surface area contributed by atoms with Gasteiger partial charge in [0.2, 0.25) is 0 Å². The van der Waals surface area contributed by atoms with Crippen LogP contribution >= 0.6 is 11.8 Å². The van der Waals surface area contributed by atoms with E-state index >= 15 is 0 Å². The number of phenolic OH excluding ortho intramolecular Hbond substituents is 1. The summed E-state index contributed by atoms with van der Waals surface area (Å²) in [4.78, 5) is 25.8. The molecule has 12 heteroatoms. The molecule has 0 amide bonds. The van der Waals surface area contributed by atoms with E-state index in [9.17, 15) is 19.8 Å². The van der Waals surface area contributed by atoms with Gasteiger partial charge in [-0.1, -0.05) is 26.7 Å². The number of benzene rings is 1. The summed E-state index contributed by atoms with van der Waals surface area (Å²) in [6.07, 6.45) is 3.71. The van der Waals surface area contributed by atoms with E-state index in [1.807, 2.05) is 6.92 Å². The molecule has 1 aliphatic rings. The molecule has 1 aromatic rings. The number of carbonyl (C=O) groups excluding carboxylic acids is 1. The van der Waals surface area contributed by atoms with E-state index in [4.69, 9.17) is 24.1 Å². The molecular weight excluding hydrogens is 525 g/mol. The Morgan fingerprint density at radius 3 is 2.26 bits per heavy atom. The first kappa shape index (κ1) is 36.7. The van der Waals surface area contributed by atoms with Crippen molar-refractivity contribution in [3.63, 3.8) is 0 Å². The maximum Gasteiger partial charge on any atom is 1.00 e. The van der Waals surface area contributed by atoms with Crippen LogP contribution in [-0.2, 0) is 23.8 Å². The predicted molar refractivity (Wildman–Crippen MR) is 140 cm³/mol. The number of aliphatic carboxylic acids is 2. The molecule has 0 radical (unpaired) electrons. The average molecular weight is 566 g/mol. The zero-order chi connectivity index (χ0) is 27.7. The van der Waals surface area contributed by atoms with E-state index < -0.39 is 17.5 Å². The summed E-state index contributed by atoms with van der Waals surface area (Å²) >= 11 is 1.27. The quantitative estimate of drug-likeness (QED) is 0.191. The van der Waals surface area contributed by atoms with E-state index in [1.54, 1.807) is 19.2 Å². The van der Waals surface area contributed by atoms with Gasteiger partial charge < -0.3 is 39.1 Å². The Labute approximate surface area is 251 Å². The third-order valence-electron chi connectivity index (χ3n) is 5.53. The molecule has 1 heterocycles. The Morgan fingerprint density at radius 1 is 1.13 bits per heavy atom. The molecule has 2 N–H and O–H groups in total. The van der Waals surface area contributed by atoms with E-state index in [-0.39, 0.29) is 47.0 Å². The second-order valence-electron chi connectivity index (χ2n) is 8.60. The Morgan fingerprint density at radius 2 is 1.76 bits per heavy atom. The Hall–Kier alpha value is -1.34. The summed E-state index contributed by atoms with van der Waals surface area (Å²) in [5, 5.41) is 30.4. The summed E-state index contributed by atoms with van der Waals surface area (Å²) in [5.74, 6) is -1.24. The molecule has 2 rings (SSSR count). The number of unbranched alkanes of at least 4 members (excludes halogenated alkanes) is 1. The van der Waals surface area contributed by atoms with Crippen molar-refractivity contribution in [3.05, 3.63) is 23.8 Å². The number of carboxylic acid groups (broad SMARTS) is 2. The van der Waals surface area contributed by atoms with Crippen molar-refractivity contribution in [3.8, 4) is 11.5 Å². The fraction of sp³-hybridized carbons (Fsp3) is 0.654. The molecule has 10 nitrogen and oxygen atoms in total. The monoisotopic (exact) mass is 565 g/mol. The standard InChI is InChI=1S/C18H25NO7S.C8H16O2.Na/c1-18(17(21)22)12-27-16(19-18)14-4-3-13(11-15(14)20)26-10-9-25-8-7-24-6-5-23-2;1-3-5-6-7(4-2)8(9)10;/h3-4,11,20H,5-10,12H2,1-2H3,(H,21,22);7H,3-6H2,1-2H3,(H,9,10);/q;;+1/p-1/t18-;;/m1../s1. The first-order valence-corrected chi connectivity index (χ1v) is 13.4. The molecular formula is C26H40NNaO9S. The minimum Gasteiger partial charge on any atom is -0.547 e. The van der Waals surface area contributed by atoms with Crippen LogP contribution in [0.3, 0.4) is 0 Å². The molecule has 38 heavy (non-hydrogen) atoms. The maximum atomic E-state index is 11.2. The van der Waals surface area contributed by atoms with Crippen molar-refractivity contribution in [1.82, 2.24) is 0 Å². The molecule has 0 saturated heterocycles. The summed E-state index contributed by atoms with van der Waals surface area (Å²) < 4.78 is 21.0. The molecule has 0 saturated carbocycles. The van der Waals surface area contributed by atoms with Crippen LogP contribution in [0.15, 0.2) is 23.2 Å². The smallest absolute Gasteiger partial charge is 0.547 e. The van der Waals surface area contributed by atoms with Gasteiger partial charge in [0.05, 0.1) is 44.9 Å². The minimum atomic E-state index is -1.27. The number of aromatic hydroxyl groups is 1. The number of ether oxygens (including phenoxy) is 4. The third kappa shape index (κ3) is 13.6. The minimum absolute atomic E-state index is 0. The first-order valence-electron chi connectivity index (χ1n) is 12.5. The van der Waals surface area contributed by atoms with Crippen molar-refractivity contribution in [2.75, 3.05) is 52.5 Å². The van der Waals surface area contributed by atoms with Crippen LogP contribution in [0, 0.1) is 5.92 Å². The van der Waals surface area contributed by atoms with Gasteiger partial charge >= 0.3 is 35.5 Å². The van der Waals surface area contributed by atoms with E-state index in [1.165, 1.54) is 24.8 Å². The number of hydrogen-bond acceptors (Lipinski definition) is 10. The number of methoxy groups -OCH3 is 1. The van der Waals surface area contributed by atoms with Crippen LogP contribution in [0.5, 0.6) is 11.5 Å². The molecule has 0 bridgehead atoms. The molecule has 0 fully saturated rings. The number of hydrogen-bond donors (Lipinski definition) is 2. The van der Waals surface area contributed by atoms with Gasteiger partial charge in [-0.05, 0) is 31.9 Å². The fourth-order valence-electron chi connectivity index (χ4n) is 3.16. The summed E-state index contributed by atoms with van der Waals surface area (Å²) in [7, 11) is 1.62. The van der Waals surface area contributed by atoms with Gasteiger partial charge in [0.15, 0.2) is 0 Å². The van der Waals surface area contributed by atoms with Crippen LogP contribution in [0.4, 0.5) is 0 Å². The molecule has 210 valence electrons. The molecule has 2 atom stereocenters. The number of nitrogens with zero attached hydrogens (tertiary/aromatic N) is 1. The molecule has 0 aliphatic carbocycles. The normalized spacial score (nSPS) is 17.0. The van der Waals surface area contributed by atoms with E-state index in [2.05, 4.69) is 11.9 Å². The van der Waals surface area contributed by atoms with Crippen molar-refractivity contribution >= 4 is 28.7 Å². The maximum absolute atomic E-state index is 11.2. The van der Waals surface area contributed by atoms with Gasteiger partial charge in [-0.3, -0.25) is 9.79 Å². The van der Waals surface area contributed by atoms with Crippen LogP contribution in [0.2, 0.25) is 0 Å². The molecule has 0 aromatic heterocycles. The van der Waals surface area contributed by atoms with Gasteiger partial charge in [0, 0.05) is 24.5 Å². The first-order chi connectivity index (χ1) is 17.7. The van der Waals surface area contributed by atoms with Gasteiger partial charge in [0.25, 0.3) is 0 Å². The average Bonchev–Trinajstić information content (AvgIpc) is 3.27. The summed E-state index contributed by atoms with van der Waals surface area (Å²) in [6, 6.07) is 4.82. The molecule has 1 aromatic carbocycles. The Bertz CT molecular complexity index is 871. The number of thioether (sulfide) groups is 1. The Kier molecular flexibility index (Phi) is 19.8. The van der Waals surface area contributed by atoms with Crippen molar-refractivity contribution < 1.29 is 73.4 Å². The van der Waals surface area contributed by atoms with Crippen LogP contribution < -0.4 is 39.4 Å². The van der Waals surface area contributed by atoms with Crippen molar-refractivity contribution in [1.29, 1.82) is 0 Å². The van der Waals surface area contributed by atoms with E-state index in [0.717, 1.165) is 25.7 Å². The Balaban J connectivity index is 0.00000106. The number of aliphatic imine (C=N–C) groups is 1. The van der Waals surface area contributed by atoms with Gasteiger partial charge in [-0.25, -0.2) is 0 Å². The van der Waals surface area contributed by atoms with Gasteiger partial charge in [0.1, 0.15) is 28.7 Å². The van der Waals surface area contributed by atoms with Crippen LogP contribution in [0.25, 0.3) is 0 Å². The SMILES string of the molecule is CCCCC(CC)C(=O)O.COCCOCCOCCOc1ccc(C2=N[C@@](C)(C(=O)[O-])CS2)c(O)c1.[Na+].